The third kappa shape index (κ3) is 4.81. The number of rotatable bonds is 8. The molecule has 1 amide bonds. The van der Waals surface area contributed by atoms with Gasteiger partial charge in [0, 0.05) is 0 Å². The molecule has 1 atom stereocenters. The minimum Gasteiger partial charge on any atom is -0.489 e. The zero-order chi connectivity index (χ0) is 14.3. The molecular formula is C15H24N2O2. The molecule has 4 N–H and O–H groups in total. The first-order chi connectivity index (χ1) is 9.06. The van der Waals surface area contributed by atoms with E-state index in [9.17, 15) is 4.79 Å². The Bertz CT molecular complexity index is 419. The van der Waals surface area contributed by atoms with Gasteiger partial charge in [-0.15, -0.1) is 0 Å². The van der Waals surface area contributed by atoms with Crippen molar-refractivity contribution in [3.05, 3.63) is 23.8 Å². The Morgan fingerprint density at radius 2 is 2.05 bits per heavy atom. The van der Waals surface area contributed by atoms with E-state index in [1.54, 1.807) is 18.2 Å². The van der Waals surface area contributed by atoms with Crippen molar-refractivity contribution in [1.29, 1.82) is 0 Å². The molecule has 1 rings (SSSR count). The number of anilines is 1. The van der Waals surface area contributed by atoms with E-state index in [1.807, 2.05) is 6.92 Å². The third-order valence-corrected chi connectivity index (χ3v) is 3.12. The zero-order valence-electron chi connectivity index (χ0n) is 11.8. The Morgan fingerprint density at radius 1 is 1.32 bits per heavy atom. The van der Waals surface area contributed by atoms with Gasteiger partial charge < -0.3 is 16.2 Å². The molecular weight excluding hydrogens is 240 g/mol. The summed E-state index contributed by atoms with van der Waals surface area (Å²) in [5.41, 5.74) is 11.8. The van der Waals surface area contributed by atoms with Crippen LogP contribution in [0.4, 0.5) is 5.69 Å². The number of primary amides is 1. The molecule has 1 aromatic carbocycles. The number of unbranched alkanes of at least 4 members (excludes halogenated alkanes) is 3. The van der Waals surface area contributed by atoms with E-state index in [4.69, 9.17) is 16.2 Å². The van der Waals surface area contributed by atoms with Gasteiger partial charge in [0.2, 0.25) is 0 Å². The number of nitrogen functional groups attached to an aromatic ring is 1. The largest absolute Gasteiger partial charge is 0.489 e. The van der Waals surface area contributed by atoms with Crippen molar-refractivity contribution >= 4 is 11.6 Å². The summed E-state index contributed by atoms with van der Waals surface area (Å²) >= 11 is 0. The fraction of sp³-hybridized carbons (Fsp3) is 0.533. The number of carbonyl (C=O) groups is 1. The van der Waals surface area contributed by atoms with E-state index in [2.05, 4.69) is 6.92 Å². The van der Waals surface area contributed by atoms with Gasteiger partial charge >= 0.3 is 0 Å². The van der Waals surface area contributed by atoms with Crippen molar-refractivity contribution in [2.45, 2.75) is 52.1 Å². The molecule has 4 nitrogen and oxygen atoms in total. The molecule has 4 heteroatoms. The molecule has 0 saturated heterocycles. The summed E-state index contributed by atoms with van der Waals surface area (Å²) in [5, 5.41) is 0. The van der Waals surface area contributed by atoms with Gasteiger partial charge in [-0.25, -0.2) is 0 Å². The van der Waals surface area contributed by atoms with Gasteiger partial charge in [0.1, 0.15) is 5.75 Å². The first kappa shape index (κ1) is 15.3. The Labute approximate surface area is 115 Å². The highest BCUT2D eigenvalue weighted by Gasteiger charge is 2.12. The number of amides is 1. The minimum atomic E-state index is -0.529. The van der Waals surface area contributed by atoms with Gasteiger partial charge in [0.05, 0.1) is 17.4 Å². The smallest absolute Gasteiger partial charge is 0.250 e. The molecule has 0 fully saturated rings. The number of hydrogen-bond donors (Lipinski definition) is 2. The molecule has 106 valence electrons. The van der Waals surface area contributed by atoms with E-state index in [0.29, 0.717) is 17.0 Å². The second-order valence-electron chi connectivity index (χ2n) is 4.86. The van der Waals surface area contributed by atoms with Crippen LogP contribution in [0.5, 0.6) is 5.75 Å². The molecule has 0 bridgehead atoms. The van der Waals surface area contributed by atoms with Gasteiger partial charge in [-0.3, -0.25) is 4.79 Å². The van der Waals surface area contributed by atoms with E-state index < -0.39 is 5.91 Å². The molecule has 0 radical (unpaired) electrons. The molecule has 0 spiro atoms. The lowest BCUT2D eigenvalue weighted by Gasteiger charge is -2.17. The summed E-state index contributed by atoms with van der Waals surface area (Å²) in [6.07, 6.45) is 5.92. The van der Waals surface area contributed by atoms with Crippen LogP contribution in [0.3, 0.4) is 0 Å². The zero-order valence-corrected chi connectivity index (χ0v) is 11.8. The predicted octanol–water partition coefficient (Wildman–Crippen LogP) is 3.11. The predicted molar refractivity (Wildman–Crippen MR) is 78.2 cm³/mol. The maximum atomic E-state index is 11.2. The van der Waals surface area contributed by atoms with Gasteiger partial charge in [0.25, 0.3) is 5.91 Å². The van der Waals surface area contributed by atoms with Crippen LogP contribution in [0.1, 0.15) is 56.3 Å². The summed E-state index contributed by atoms with van der Waals surface area (Å²) in [7, 11) is 0. The molecule has 1 aromatic rings. The molecule has 1 unspecified atom stereocenters. The minimum absolute atomic E-state index is 0.0854. The molecule has 0 heterocycles. The first-order valence-electron chi connectivity index (χ1n) is 6.91. The fourth-order valence-electron chi connectivity index (χ4n) is 2.00. The second kappa shape index (κ2) is 7.67. The Kier molecular flexibility index (Phi) is 6.19. The number of benzene rings is 1. The van der Waals surface area contributed by atoms with Crippen LogP contribution in [0.2, 0.25) is 0 Å². The van der Waals surface area contributed by atoms with Gasteiger partial charge in [-0.1, -0.05) is 32.3 Å². The standard InChI is InChI=1S/C15H24N2O2/c1-3-4-5-6-8-11(2)19-13-10-7-9-12(14(13)16)15(17)18/h7,9-11H,3-6,8,16H2,1-2H3,(H2,17,18). The normalized spacial score (nSPS) is 12.1. The van der Waals surface area contributed by atoms with E-state index in [-0.39, 0.29) is 6.10 Å². The van der Waals surface area contributed by atoms with Gasteiger partial charge in [0.15, 0.2) is 0 Å². The maximum absolute atomic E-state index is 11.2. The lowest BCUT2D eigenvalue weighted by molar-refractivity contribution is 0.100. The van der Waals surface area contributed by atoms with Crippen LogP contribution >= 0.6 is 0 Å². The van der Waals surface area contributed by atoms with E-state index in [0.717, 1.165) is 12.8 Å². The average Bonchev–Trinajstić information content (AvgIpc) is 2.37. The van der Waals surface area contributed by atoms with Crippen molar-refractivity contribution in [2.24, 2.45) is 5.73 Å². The highest BCUT2D eigenvalue weighted by atomic mass is 16.5. The summed E-state index contributed by atoms with van der Waals surface area (Å²) in [6, 6.07) is 5.11. The van der Waals surface area contributed by atoms with Crippen LogP contribution in [0.25, 0.3) is 0 Å². The van der Waals surface area contributed by atoms with Crippen LogP contribution < -0.4 is 16.2 Å². The molecule has 0 aliphatic heterocycles. The monoisotopic (exact) mass is 264 g/mol. The van der Waals surface area contributed by atoms with Crippen LogP contribution in [0.15, 0.2) is 18.2 Å². The third-order valence-electron chi connectivity index (χ3n) is 3.12. The van der Waals surface area contributed by atoms with E-state index >= 15 is 0 Å². The number of hydrogen-bond acceptors (Lipinski definition) is 3. The molecule has 0 aliphatic rings. The van der Waals surface area contributed by atoms with Gasteiger partial charge in [-0.2, -0.15) is 0 Å². The number of para-hydroxylation sites is 1. The highest BCUT2D eigenvalue weighted by Crippen LogP contribution is 2.26. The Hall–Kier alpha value is -1.71. The average molecular weight is 264 g/mol. The highest BCUT2D eigenvalue weighted by molar-refractivity contribution is 5.99. The summed E-state index contributed by atoms with van der Waals surface area (Å²) in [4.78, 5) is 11.2. The SMILES string of the molecule is CCCCCCC(C)Oc1cccc(C(N)=O)c1N. The quantitative estimate of drug-likeness (QED) is 0.559. The molecule has 0 saturated carbocycles. The fourth-order valence-corrected chi connectivity index (χ4v) is 2.00. The molecule has 0 aromatic heterocycles. The second-order valence-corrected chi connectivity index (χ2v) is 4.86. The Morgan fingerprint density at radius 3 is 2.68 bits per heavy atom. The van der Waals surface area contributed by atoms with Crippen LogP contribution in [-0.2, 0) is 0 Å². The summed E-state index contributed by atoms with van der Waals surface area (Å²) < 4.78 is 5.78. The van der Waals surface area contributed by atoms with Crippen molar-refractivity contribution in [3.8, 4) is 5.75 Å². The van der Waals surface area contributed by atoms with Crippen molar-refractivity contribution in [2.75, 3.05) is 5.73 Å². The summed E-state index contributed by atoms with van der Waals surface area (Å²) in [5.74, 6) is 0.0119. The Balaban J connectivity index is 2.57. The lowest BCUT2D eigenvalue weighted by atomic mass is 10.1. The number of carbonyl (C=O) groups excluding carboxylic acids is 1. The first-order valence-corrected chi connectivity index (χ1v) is 6.91. The lowest BCUT2D eigenvalue weighted by Crippen LogP contribution is -2.16. The van der Waals surface area contributed by atoms with Crippen molar-refractivity contribution in [3.63, 3.8) is 0 Å². The van der Waals surface area contributed by atoms with E-state index in [1.165, 1.54) is 19.3 Å². The van der Waals surface area contributed by atoms with Gasteiger partial charge in [-0.05, 0) is 31.9 Å². The van der Waals surface area contributed by atoms with Crippen molar-refractivity contribution < 1.29 is 9.53 Å². The summed E-state index contributed by atoms with van der Waals surface area (Å²) in [6.45, 7) is 4.21. The molecule has 0 aliphatic carbocycles. The molecule has 19 heavy (non-hydrogen) atoms. The maximum Gasteiger partial charge on any atom is 0.250 e. The van der Waals surface area contributed by atoms with Crippen LogP contribution in [-0.4, -0.2) is 12.0 Å². The topological polar surface area (TPSA) is 78.3 Å². The van der Waals surface area contributed by atoms with Crippen molar-refractivity contribution in [1.82, 2.24) is 0 Å². The van der Waals surface area contributed by atoms with Crippen LogP contribution in [0, 0.1) is 0 Å². The number of nitrogens with two attached hydrogens (primary N) is 2. The number of ether oxygens (including phenoxy) is 1.